The van der Waals surface area contributed by atoms with Crippen LogP contribution in [0.1, 0.15) is 22.8 Å². The van der Waals surface area contributed by atoms with Crippen molar-refractivity contribution in [2.24, 2.45) is 5.10 Å². The maximum absolute atomic E-state index is 12.1. The van der Waals surface area contributed by atoms with Crippen molar-refractivity contribution < 1.29 is 19.1 Å². The smallest absolute Gasteiger partial charge is 0.343 e. The first kappa shape index (κ1) is 16.2. The maximum Gasteiger partial charge on any atom is 0.343 e. The van der Waals surface area contributed by atoms with E-state index in [9.17, 15) is 9.59 Å². The van der Waals surface area contributed by atoms with Crippen molar-refractivity contribution in [1.82, 2.24) is 5.43 Å². The van der Waals surface area contributed by atoms with Crippen LogP contribution in [0.4, 0.5) is 0 Å². The van der Waals surface area contributed by atoms with E-state index < -0.39 is 5.97 Å². The molecule has 0 aromatic heterocycles. The van der Waals surface area contributed by atoms with E-state index in [1.54, 1.807) is 42.5 Å². The van der Waals surface area contributed by atoms with Gasteiger partial charge in [-0.1, -0.05) is 18.2 Å². The Labute approximate surface area is 133 Å². The molecule has 0 atom stereocenters. The van der Waals surface area contributed by atoms with Gasteiger partial charge in [0.25, 0.3) is 0 Å². The van der Waals surface area contributed by atoms with Gasteiger partial charge in [0.1, 0.15) is 0 Å². The number of ether oxygens (including phenoxy) is 2. The molecule has 1 N–H and O–H groups in total. The third-order valence-electron chi connectivity index (χ3n) is 2.84. The van der Waals surface area contributed by atoms with Crippen LogP contribution in [0.2, 0.25) is 0 Å². The third-order valence-corrected chi connectivity index (χ3v) is 2.84. The summed E-state index contributed by atoms with van der Waals surface area (Å²) in [6, 6.07) is 13.6. The van der Waals surface area contributed by atoms with Crippen LogP contribution < -0.4 is 14.9 Å². The van der Waals surface area contributed by atoms with Crippen LogP contribution in [0.25, 0.3) is 0 Å². The van der Waals surface area contributed by atoms with Crippen molar-refractivity contribution in [3.8, 4) is 11.5 Å². The van der Waals surface area contributed by atoms with Gasteiger partial charge in [0.05, 0.1) is 18.9 Å². The van der Waals surface area contributed by atoms with Gasteiger partial charge in [-0.15, -0.1) is 0 Å². The fourth-order valence-corrected chi connectivity index (χ4v) is 1.78. The van der Waals surface area contributed by atoms with Crippen LogP contribution in [0.15, 0.2) is 53.6 Å². The number of carbonyl (C=O) groups excluding carboxylic acids is 2. The molecule has 6 heteroatoms. The summed E-state index contributed by atoms with van der Waals surface area (Å²) in [7, 11) is 1.48. The van der Waals surface area contributed by atoms with Gasteiger partial charge in [-0.25, -0.2) is 10.2 Å². The summed E-state index contributed by atoms with van der Waals surface area (Å²) in [4.78, 5) is 22.8. The highest BCUT2D eigenvalue weighted by Gasteiger charge is 2.12. The molecule has 2 rings (SSSR count). The second kappa shape index (κ2) is 7.74. The molecule has 0 radical (unpaired) electrons. The van der Waals surface area contributed by atoms with Crippen LogP contribution in [0, 0.1) is 0 Å². The van der Waals surface area contributed by atoms with Crippen molar-refractivity contribution in [1.29, 1.82) is 0 Å². The molecule has 2 aromatic carbocycles. The highest BCUT2D eigenvalue weighted by atomic mass is 16.6. The first-order chi connectivity index (χ1) is 11.1. The van der Waals surface area contributed by atoms with Gasteiger partial charge < -0.3 is 9.47 Å². The normalized spacial score (nSPS) is 10.3. The van der Waals surface area contributed by atoms with Crippen LogP contribution in [0.5, 0.6) is 11.5 Å². The molecule has 118 valence electrons. The molecule has 0 saturated carbocycles. The first-order valence-electron chi connectivity index (χ1n) is 6.85. The lowest BCUT2D eigenvalue weighted by atomic mass is 10.2. The van der Waals surface area contributed by atoms with E-state index in [2.05, 4.69) is 10.5 Å². The van der Waals surface area contributed by atoms with E-state index in [1.165, 1.54) is 20.2 Å². The third kappa shape index (κ3) is 4.67. The Hall–Kier alpha value is -3.15. The first-order valence-corrected chi connectivity index (χ1v) is 6.85. The van der Waals surface area contributed by atoms with Crippen molar-refractivity contribution in [2.45, 2.75) is 6.92 Å². The number of benzene rings is 2. The molecule has 0 aliphatic rings. The molecule has 0 aliphatic carbocycles. The summed E-state index contributed by atoms with van der Waals surface area (Å²) in [6.45, 7) is 1.37. The number of hydrogen-bond donors (Lipinski definition) is 1. The number of rotatable bonds is 5. The molecule has 6 nitrogen and oxygen atoms in total. The number of nitrogens with one attached hydrogen (secondary N) is 1. The van der Waals surface area contributed by atoms with Crippen molar-refractivity contribution >= 4 is 18.1 Å². The molecule has 0 heterocycles. The topological polar surface area (TPSA) is 77.0 Å². The monoisotopic (exact) mass is 312 g/mol. The van der Waals surface area contributed by atoms with Gasteiger partial charge in [0.2, 0.25) is 5.91 Å². The number of carbonyl (C=O) groups is 2. The van der Waals surface area contributed by atoms with E-state index in [4.69, 9.17) is 9.47 Å². The number of methoxy groups -OCH3 is 1. The van der Waals surface area contributed by atoms with Gasteiger partial charge >= 0.3 is 5.97 Å². The second-order valence-corrected chi connectivity index (χ2v) is 4.59. The lowest BCUT2D eigenvalue weighted by molar-refractivity contribution is -0.118. The predicted octanol–water partition coefficient (Wildman–Crippen LogP) is 2.38. The molecule has 1 amide bonds. The average molecular weight is 312 g/mol. The average Bonchev–Trinajstić information content (AvgIpc) is 2.56. The van der Waals surface area contributed by atoms with Crippen LogP contribution in [-0.2, 0) is 4.79 Å². The second-order valence-electron chi connectivity index (χ2n) is 4.59. The minimum atomic E-state index is -0.469. The number of hydrazone groups is 1. The minimum Gasteiger partial charge on any atom is -0.493 e. The van der Waals surface area contributed by atoms with E-state index in [0.717, 1.165) is 0 Å². The quantitative estimate of drug-likeness (QED) is 0.398. The van der Waals surface area contributed by atoms with Crippen LogP contribution >= 0.6 is 0 Å². The molecule has 2 aromatic rings. The molecule has 0 unspecified atom stereocenters. The zero-order chi connectivity index (χ0) is 16.7. The zero-order valence-electron chi connectivity index (χ0n) is 12.8. The molecular weight excluding hydrogens is 296 g/mol. The minimum absolute atomic E-state index is 0.262. The molecule has 23 heavy (non-hydrogen) atoms. The van der Waals surface area contributed by atoms with Crippen molar-refractivity contribution in [3.05, 3.63) is 59.7 Å². The Bertz CT molecular complexity index is 727. The standard InChI is InChI=1S/C17H16N2O4/c1-12(20)19-18-11-13-8-9-15(16(10-13)22-2)23-17(21)14-6-4-3-5-7-14/h3-11H,1-2H3,(H,19,20)/b18-11-. The van der Waals surface area contributed by atoms with Crippen molar-refractivity contribution in [2.75, 3.05) is 7.11 Å². The summed E-state index contributed by atoms with van der Waals surface area (Å²) >= 11 is 0. The Kier molecular flexibility index (Phi) is 5.46. The molecule has 0 saturated heterocycles. The summed E-state index contributed by atoms with van der Waals surface area (Å²) in [6.07, 6.45) is 1.46. The molecule has 0 fully saturated rings. The largest absolute Gasteiger partial charge is 0.493 e. The molecular formula is C17H16N2O4. The van der Waals surface area contributed by atoms with Crippen LogP contribution in [-0.4, -0.2) is 25.2 Å². The van der Waals surface area contributed by atoms with Crippen molar-refractivity contribution in [3.63, 3.8) is 0 Å². The summed E-state index contributed by atoms with van der Waals surface area (Å²) in [5.41, 5.74) is 3.44. The summed E-state index contributed by atoms with van der Waals surface area (Å²) < 4.78 is 10.6. The van der Waals surface area contributed by atoms with E-state index >= 15 is 0 Å². The fraction of sp³-hybridized carbons (Fsp3) is 0.118. The lowest BCUT2D eigenvalue weighted by Gasteiger charge is -2.09. The molecule has 0 bridgehead atoms. The van der Waals surface area contributed by atoms with E-state index in [-0.39, 0.29) is 5.91 Å². The van der Waals surface area contributed by atoms with Gasteiger partial charge in [0, 0.05) is 6.92 Å². The Morgan fingerprint density at radius 3 is 2.48 bits per heavy atom. The summed E-state index contributed by atoms with van der Waals surface area (Å²) in [5.74, 6) is -0.0377. The van der Waals surface area contributed by atoms with Gasteiger partial charge in [-0.2, -0.15) is 5.10 Å². The Balaban J connectivity index is 2.15. The predicted molar refractivity (Wildman–Crippen MR) is 85.8 cm³/mol. The highest BCUT2D eigenvalue weighted by Crippen LogP contribution is 2.28. The Morgan fingerprint density at radius 2 is 1.83 bits per heavy atom. The highest BCUT2D eigenvalue weighted by molar-refractivity contribution is 5.91. The van der Waals surface area contributed by atoms with Gasteiger partial charge in [-0.05, 0) is 35.9 Å². The number of esters is 1. The Morgan fingerprint density at radius 1 is 1.09 bits per heavy atom. The number of nitrogens with zero attached hydrogens (tertiary/aromatic N) is 1. The van der Waals surface area contributed by atoms with Gasteiger partial charge in [0.15, 0.2) is 11.5 Å². The zero-order valence-corrected chi connectivity index (χ0v) is 12.8. The molecule has 0 aliphatic heterocycles. The van der Waals surface area contributed by atoms with Crippen LogP contribution in [0.3, 0.4) is 0 Å². The SMILES string of the molecule is COc1cc(/C=N\NC(C)=O)ccc1OC(=O)c1ccccc1. The lowest BCUT2D eigenvalue weighted by Crippen LogP contribution is -2.12. The molecule has 0 spiro atoms. The van der Waals surface area contributed by atoms with E-state index in [1.807, 2.05) is 6.07 Å². The van der Waals surface area contributed by atoms with E-state index in [0.29, 0.717) is 22.6 Å². The fourth-order valence-electron chi connectivity index (χ4n) is 1.78. The maximum atomic E-state index is 12.1. The van der Waals surface area contributed by atoms with Gasteiger partial charge in [-0.3, -0.25) is 4.79 Å². The summed E-state index contributed by atoms with van der Waals surface area (Å²) in [5, 5.41) is 3.77. The number of hydrogen-bond acceptors (Lipinski definition) is 5. The number of amides is 1.